The fourth-order valence-electron chi connectivity index (χ4n) is 3.88. The molecule has 24 heavy (non-hydrogen) atoms. The quantitative estimate of drug-likeness (QED) is 0.771. The number of hydrogen-bond acceptors (Lipinski definition) is 3. The van der Waals surface area contributed by atoms with E-state index in [0.29, 0.717) is 0 Å². The molecule has 0 unspecified atom stereocenters. The second-order valence-electron chi connectivity index (χ2n) is 6.92. The van der Waals surface area contributed by atoms with Crippen LogP contribution in [0.25, 0.3) is 0 Å². The first-order valence-electron chi connectivity index (χ1n) is 8.59. The Kier molecular flexibility index (Phi) is 5.68. The molecule has 2 nitrogen and oxygen atoms in total. The minimum Gasteiger partial charge on any atom is -0.321 e. The number of piperidine rings is 1. The molecule has 0 aromatic heterocycles. The smallest absolute Gasteiger partial charge is 0.321 e. The van der Waals surface area contributed by atoms with E-state index >= 15 is 0 Å². The number of anilines is 2. The van der Waals surface area contributed by atoms with E-state index in [0.717, 1.165) is 0 Å². The molecule has 120 valence electrons. The third kappa shape index (κ3) is 3.17. The summed E-state index contributed by atoms with van der Waals surface area (Å²) < 4.78 is 0. The van der Waals surface area contributed by atoms with E-state index in [2.05, 4.69) is 72.2 Å². The number of likely N-dealkylation sites (tertiary alicyclic amines) is 1. The Morgan fingerprint density at radius 1 is 0.792 bits per heavy atom. The average Bonchev–Trinajstić information content (AvgIpc) is 2.60. The van der Waals surface area contributed by atoms with E-state index in [1.165, 1.54) is 53.5 Å². The van der Waals surface area contributed by atoms with Gasteiger partial charge in [0.1, 0.15) is 0 Å². The fraction of sp³-hybridized carbons (Fsp3) is 0.400. The van der Waals surface area contributed by atoms with Gasteiger partial charge in [0.2, 0.25) is 0 Å². The van der Waals surface area contributed by atoms with Gasteiger partial charge in [-0.15, -0.1) is 0 Å². The van der Waals surface area contributed by atoms with E-state index in [1.54, 1.807) is 0 Å². The van der Waals surface area contributed by atoms with Crippen molar-refractivity contribution < 1.29 is 29.6 Å². The summed E-state index contributed by atoms with van der Waals surface area (Å²) in [5, 5.41) is 0. The van der Waals surface area contributed by atoms with Gasteiger partial charge in [0.25, 0.3) is 0 Å². The van der Waals surface area contributed by atoms with Gasteiger partial charge in [0.15, 0.2) is 0 Å². The normalized spacial score (nSPS) is 17.7. The van der Waals surface area contributed by atoms with Gasteiger partial charge in [-0.1, -0.05) is 42.4 Å². The van der Waals surface area contributed by atoms with Crippen LogP contribution in [0.1, 0.15) is 33.1 Å². The van der Waals surface area contributed by atoms with Gasteiger partial charge >= 0.3 is 29.6 Å². The molecule has 4 rings (SSSR count). The molecule has 0 atom stereocenters. The monoisotopic (exact) mass is 347 g/mol. The Hall–Kier alpha value is -0.450. The summed E-state index contributed by atoms with van der Waals surface area (Å²) in [5.41, 5.74) is 2.66. The SMILES string of the molecule is CC(C)(N1CCCCC1)N1c2ccccc2Sc2ccccc21.[Na+]. The summed E-state index contributed by atoms with van der Waals surface area (Å²) in [6, 6.07) is 17.6. The molecule has 2 aromatic carbocycles. The van der Waals surface area contributed by atoms with Crippen molar-refractivity contribution in [3.63, 3.8) is 0 Å². The molecule has 1 saturated heterocycles. The third-order valence-electron chi connectivity index (χ3n) is 5.11. The van der Waals surface area contributed by atoms with Crippen LogP contribution in [0.15, 0.2) is 58.3 Å². The maximum Gasteiger partial charge on any atom is 1.00 e. The topological polar surface area (TPSA) is 6.48 Å². The molecule has 0 N–H and O–H groups in total. The Bertz CT molecular complexity index is 665. The zero-order valence-corrected chi connectivity index (χ0v) is 17.8. The van der Waals surface area contributed by atoms with Gasteiger partial charge in [0, 0.05) is 22.9 Å². The first kappa shape index (κ1) is 18.3. The minimum absolute atomic E-state index is 0. The predicted molar refractivity (Wildman–Crippen MR) is 98.6 cm³/mol. The molecule has 0 aliphatic carbocycles. The fourth-order valence-corrected chi connectivity index (χ4v) is 4.93. The van der Waals surface area contributed by atoms with Crippen LogP contribution in [-0.2, 0) is 0 Å². The van der Waals surface area contributed by atoms with Crippen LogP contribution in [0, 0.1) is 0 Å². The summed E-state index contributed by atoms with van der Waals surface area (Å²) in [6.45, 7) is 7.14. The van der Waals surface area contributed by atoms with Crippen molar-refractivity contribution in [2.24, 2.45) is 0 Å². The van der Waals surface area contributed by atoms with Crippen molar-refractivity contribution in [1.82, 2.24) is 4.90 Å². The van der Waals surface area contributed by atoms with Gasteiger partial charge in [0.05, 0.1) is 17.0 Å². The Morgan fingerprint density at radius 2 is 1.29 bits per heavy atom. The van der Waals surface area contributed by atoms with Gasteiger partial charge in [-0.25, -0.2) is 0 Å². The van der Waals surface area contributed by atoms with Crippen LogP contribution in [0.2, 0.25) is 0 Å². The second kappa shape index (κ2) is 7.43. The number of rotatable bonds is 2. The maximum absolute atomic E-state index is 2.65. The Balaban J connectivity index is 0.00000169. The summed E-state index contributed by atoms with van der Waals surface area (Å²) in [6.07, 6.45) is 4.00. The van der Waals surface area contributed by atoms with E-state index in [9.17, 15) is 0 Å². The van der Waals surface area contributed by atoms with Crippen molar-refractivity contribution >= 4 is 23.1 Å². The largest absolute Gasteiger partial charge is 1.00 e. The molecule has 0 amide bonds. The van der Waals surface area contributed by atoms with Crippen LogP contribution in [0.4, 0.5) is 11.4 Å². The third-order valence-corrected chi connectivity index (χ3v) is 6.24. The van der Waals surface area contributed by atoms with Crippen LogP contribution in [-0.4, -0.2) is 23.7 Å². The van der Waals surface area contributed by atoms with Crippen LogP contribution >= 0.6 is 11.8 Å². The van der Waals surface area contributed by atoms with Crippen molar-refractivity contribution in [3.8, 4) is 0 Å². The summed E-state index contributed by atoms with van der Waals surface area (Å²) >= 11 is 1.89. The van der Waals surface area contributed by atoms with Crippen molar-refractivity contribution in [2.75, 3.05) is 18.0 Å². The maximum atomic E-state index is 2.65. The standard InChI is InChI=1S/C20H24N2S.Na/c1-20(2,21-14-8-3-9-15-21)22-16-10-4-6-12-18(16)23-19-13-7-5-11-17(19)22;/h4-7,10-13H,3,8-9,14-15H2,1-2H3;/q;+1. The van der Waals surface area contributed by atoms with Crippen LogP contribution in [0.5, 0.6) is 0 Å². The van der Waals surface area contributed by atoms with E-state index in [-0.39, 0.29) is 35.2 Å². The first-order valence-corrected chi connectivity index (χ1v) is 9.41. The number of nitrogens with zero attached hydrogens (tertiary/aromatic N) is 2. The Morgan fingerprint density at radius 3 is 1.83 bits per heavy atom. The summed E-state index contributed by atoms with van der Waals surface area (Å²) in [7, 11) is 0. The number of benzene rings is 2. The molecule has 0 spiro atoms. The van der Waals surface area contributed by atoms with Gasteiger partial charge in [-0.3, -0.25) is 4.90 Å². The zero-order chi connectivity index (χ0) is 15.9. The average molecular weight is 347 g/mol. The van der Waals surface area contributed by atoms with Gasteiger partial charge in [-0.2, -0.15) is 0 Å². The van der Waals surface area contributed by atoms with Crippen molar-refractivity contribution in [1.29, 1.82) is 0 Å². The molecule has 4 heteroatoms. The number of hydrogen-bond donors (Lipinski definition) is 0. The molecular formula is C20H24N2NaS+. The molecule has 0 saturated carbocycles. The van der Waals surface area contributed by atoms with E-state index < -0.39 is 0 Å². The molecule has 2 aliphatic rings. The molecule has 2 aliphatic heterocycles. The van der Waals surface area contributed by atoms with Crippen LogP contribution < -0.4 is 34.5 Å². The van der Waals surface area contributed by atoms with Crippen molar-refractivity contribution in [2.45, 2.75) is 48.6 Å². The molecule has 2 heterocycles. The van der Waals surface area contributed by atoms with Gasteiger partial charge in [-0.05, 0) is 51.0 Å². The molecule has 0 radical (unpaired) electrons. The molecule has 2 aromatic rings. The number of fused-ring (bicyclic) bond motifs is 2. The predicted octanol–water partition coefficient (Wildman–Crippen LogP) is 2.52. The molecule has 1 fully saturated rings. The summed E-state index contributed by atoms with van der Waals surface area (Å²) in [4.78, 5) is 7.92. The van der Waals surface area contributed by atoms with E-state index in [4.69, 9.17) is 0 Å². The van der Waals surface area contributed by atoms with Crippen molar-refractivity contribution in [3.05, 3.63) is 48.5 Å². The summed E-state index contributed by atoms with van der Waals surface area (Å²) in [5.74, 6) is 0. The number of para-hydroxylation sites is 2. The van der Waals surface area contributed by atoms with Gasteiger partial charge < -0.3 is 4.90 Å². The zero-order valence-electron chi connectivity index (χ0n) is 15.0. The molecular weight excluding hydrogens is 323 g/mol. The Labute approximate surface area is 171 Å². The van der Waals surface area contributed by atoms with E-state index in [1.807, 2.05) is 11.8 Å². The first-order chi connectivity index (χ1) is 11.2. The van der Waals surface area contributed by atoms with Crippen LogP contribution in [0.3, 0.4) is 0 Å². The second-order valence-corrected chi connectivity index (χ2v) is 8.00. The molecule has 0 bridgehead atoms. The minimum atomic E-state index is -0.0202.